The number of carbonyl (C=O) groups excluding carboxylic acids is 1. The van der Waals surface area contributed by atoms with E-state index < -0.39 is 124 Å². The predicted octanol–water partition coefficient (Wildman–Crippen LogP) is 5.31. The van der Waals surface area contributed by atoms with Gasteiger partial charge in [0, 0.05) is 6.42 Å². The minimum Gasteiger partial charge on any atom is -0.394 e. The van der Waals surface area contributed by atoms with Crippen molar-refractivity contribution in [2.75, 3.05) is 26.4 Å². The van der Waals surface area contributed by atoms with Gasteiger partial charge in [-0.05, 0) is 83.5 Å². The summed E-state index contributed by atoms with van der Waals surface area (Å²) in [5.41, 5.74) is 0. The predicted molar refractivity (Wildman–Crippen MR) is 313 cm³/mol. The highest BCUT2D eigenvalue weighted by Gasteiger charge is 2.53. The maximum absolute atomic E-state index is 13.2. The van der Waals surface area contributed by atoms with E-state index in [1.807, 2.05) is 6.92 Å². The fourth-order valence-corrected chi connectivity index (χ4v) is 9.11. The second kappa shape index (κ2) is 44.6. The highest BCUT2D eigenvalue weighted by Crippen LogP contribution is 2.33. The zero-order chi connectivity index (χ0) is 59.7. The number of ether oxygens (including phenoxy) is 6. The van der Waals surface area contributed by atoms with Gasteiger partial charge in [0.25, 0.3) is 0 Å². The van der Waals surface area contributed by atoms with E-state index in [0.717, 1.165) is 103 Å². The summed E-state index contributed by atoms with van der Waals surface area (Å²) in [5, 5.41) is 119. The first-order valence-electron chi connectivity index (χ1n) is 29.8. The third kappa shape index (κ3) is 27.9. The molecule has 19 nitrogen and oxygen atoms in total. The van der Waals surface area contributed by atoms with Gasteiger partial charge in [-0.1, -0.05) is 167 Å². The number of amides is 1. The number of carbonyl (C=O) groups is 1. The van der Waals surface area contributed by atoms with Crippen LogP contribution in [0.4, 0.5) is 0 Å². The summed E-state index contributed by atoms with van der Waals surface area (Å²) in [4.78, 5) is 13.2. The van der Waals surface area contributed by atoms with Crippen LogP contribution in [0.25, 0.3) is 0 Å². The molecule has 0 aromatic carbocycles. The molecule has 12 N–H and O–H groups in total. The number of rotatable bonds is 41. The zero-order valence-electron chi connectivity index (χ0n) is 48.4. The van der Waals surface area contributed by atoms with Crippen LogP contribution in [0.5, 0.6) is 0 Å². The Morgan fingerprint density at radius 3 is 1.30 bits per heavy atom. The van der Waals surface area contributed by atoms with E-state index >= 15 is 0 Å². The van der Waals surface area contributed by atoms with E-state index in [-0.39, 0.29) is 18.9 Å². The van der Waals surface area contributed by atoms with Crippen LogP contribution in [0.15, 0.2) is 122 Å². The molecule has 3 fully saturated rings. The Kier molecular flexibility index (Phi) is 39.4. The van der Waals surface area contributed by atoms with Crippen LogP contribution in [0.1, 0.15) is 136 Å². The molecule has 0 aromatic heterocycles. The Morgan fingerprint density at radius 2 is 0.841 bits per heavy atom. The smallest absolute Gasteiger partial charge is 0.220 e. The lowest BCUT2D eigenvalue weighted by atomic mass is 9.96. The van der Waals surface area contributed by atoms with E-state index in [9.17, 15) is 61.0 Å². The van der Waals surface area contributed by atoms with Crippen molar-refractivity contribution in [3.05, 3.63) is 122 Å². The van der Waals surface area contributed by atoms with Crippen molar-refractivity contribution in [1.29, 1.82) is 0 Å². The summed E-state index contributed by atoms with van der Waals surface area (Å²) in [7, 11) is 0. The quantitative estimate of drug-likeness (QED) is 0.0273. The van der Waals surface area contributed by atoms with Crippen molar-refractivity contribution in [3.8, 4) is 0 Å². The van der Waals surface area contributed by atoms with Gasteiger partial charge in [-0.25, -0.2) is 0 Å². The third-order valence-corrected chi connectivity index (χ3v) is 14.0. The molecule has 3 aliphatic heterocycles. The minimum atomic E-state index is -1.98. The molecule has 3 saturated heterocycles. The van der Waals surface area contributed by atoms with Gasteiger partial charge >= 0.3 is 0 Å². The molecule has 0 radical (unpaired) electrons. The first kappa shape index (κ1) is 72.4. The second-order valence-corrected chi connectivity index (χ2v) is 20.7. The largest absolute Gasteiger partial charge is 0.394 e. The third-order valence-electron chi connectivity index (χ3n) is 14.0. The molecule has 3 heterocycles. The van der Waals surface area contributed by atoms with E-state index in [2.05, 4.69) is 122 Å². The van der Waals surface area contributed by atoms with E-state index in [1.165, 1.54) is 0 Å². The lowest BCUT2D eigenvalue weighted by molar-refractivity contribution is -0.379. The number of unbranched alkanes of at least 4 members (excludes halogenated alkanes) is 7. The number of allylic oxidation sites excluding steroid dienone is 19. The molecule has 17 unspecified atom stereocenters. The van der Waals surface area contributed by atoms with E-state index in [0.29, 0.717) is 12.8 Å². The fourth-order valence-electron chi connectivity index (χ4n) is 9.11. The Morgan fingerprint density at radius 1 is 0.451 bits per heavy atom. The summed E-state index contributed by atoms with van der Waals surface area (Å²) in [5.74, 6) is -0.312. The van der Waals surface area contributed by atoms with Crippen molar-refractivity contribution in [2.45, 2.75) is 240 Å². The molecule has 0 spiro atoms. The fraction of sp³-hybridized carbons (Fsp3) is 0.667. The molecule has 19 heteroatoms. The van der Waals surface area contributed by atoms with Crippen molar-refractivity contribution in [2.24, 2.45) is 0 Å². The standard InChI is InChI=1S/C63H101NO18/c1-3-5-7-9-10-11-12-13-14-15-16-17-18-19-20-21-22-23-24-25-26-27-28-29-30-31-32-33-34-35-36-37-39-41-51(69)64-46(47(68)40-38-8-6-4-2)45-77-61-57(75)54(72)59(49(43-66)79-61)82-63-58(76)55(73)60(50(44-67)80-63)81-62-56(74)53(71)52(70)48(42-65)78-62/h5,7,10-11,13-14,16-17,19-20,22-23,25-26,28-29,31-32,38,40,46-50,52-63,65-68,70-76H,3-4,6,8-9,12,15,18,21,24,27,30,33-37,39,41-45H2,1-2H3,(H,64,69)/b7-5-,11-10-,14-13-,17-16-,20-19-,23-22-,26-25-,29-28-,32-31-,40-38+. The van der Waals surface area contributed by atoms with Crippen molar-refractivity contribution in [1.82, 2.24) is 5.32 Å². The highest BCUT2D eigenvalue weighted by atomic mass is 16.8. The van der Waals surface area contributed by atoms with Gasteiger partial charge in [-0.2, -0.15) is 0 Å². The average molecular weight is 1160 g/mol. The number of aliphatic hydroxyl groups is 11. The van der Waals surface area contributed by atoms with Crippen LogP contribution in [0.3, 0.4) is 0 Å². The summed E-state index contributed by atoms with van der Waals surface area (Å²) in [6.07, 6.45) is 32.9. The maximum atomic E-state index is 13.2. The van der Waals surface area contributed by atoms with Gasteiger partial charge in [0.2, 0.25) is 5.91 Å². The molecule has 82 heavy (non-hydrogen) atoms. The first-order chi connectivity index (χ1) is 39.8. The summed E-state index contributed by atoms with van der Waals surface area (Å²) in [6.45, 7) is 1.37. The van der Waals surface area contributed by atoms with Crippen LogP contribution < -0.4 is 5.32 Å². The number of hydrogen-bond donors (Lipinski definition) is 12. The minimum absolute atomic E-state index is 0.209. The molecule has 1 amide bonds. The summed E-state index contributed by atoms with van der Waals surface area (Å²) >= 11 is 0. The number of hydrogen-bond acceptors (Lipinski definition) is 18. The number of nitrogens with one attached hydrogen (secondary N) is 1. The summed E-state index contributed by atoms with van der Waals surface area (Å²) < 4.78 is 34.0. The van der Waals surface area contributed by atoms with Crippen molar-refractivity contribution in [3.63, 3.8) is 0 Å². The molecule has 0 saturated carbocycles. The van der Waals surface area contributed by atoms with Crippen LogP contribution in [0.2, 0.25) is 0 Å². The van der Waals surface area contributed by atoms with Gasteiger partial charge in [-0.15, -0.1) is 0 Å². The van der Waals surface area contributed by atoms with Gasteiger partial charge in [0.05, 0.1) is 38.6 Å². The van der Waals surface area contributed by atoms with Crippen molar-refractivity contribution >= 4 is 5.91 Å². The monoisotopic (exact) mass is 1160 g/mol. The van der Waals surface area contributed by atoms with Crippen LogP contribution in [0, 0.1) is 0 Å². The van der Waals surface area contributed by atoms with E-state index in [4.69, 9.17) is 28.4 Å². The molecule has 17 atom stereocenters. The maximum Gasteiger partial charge on any atom is 0.220 e. The van der Waals surface area contributed by atoms with Crippen LogP contribution in [-0.2, 0) is 33.2 Å². The highest BCUT2D eigenvalue weighted by molar-refractivity contribution is 5.76. The van der Waals surface area contributed by atoms with Crippen LogP contribution in [-0.4, -0.2) is 193 Å². The first-order valence-corrected chi connectivity index (χ1v) is 29.8. The molecule has 3 aliphatic rings. The number of aliphatic hydroxyl groups excluding tert-OH is 11. The van der Waals surface area contributed by atoms with Gasteiger partial charge in [-0.3, -0.25) is 4.79 Å². The molecule has 0 aromatic rings. The zero-order valence-corrected chi connectivity index (χ0v) is 48.4. The lowest BCUT2D eigenvalue weighted by Crippen LogP contribution is -2.66. The normalized spacial score (nSPS) is 30.5. The topological polar surface area (TPSA) is 307 Å². The van der Waals surface area contributed by atoms with Crippen LogP contribution >= 0.6 is 0 Å². The second-order valence-electron chi connectivity index (χ2n) is 20.7. The molecular formula is C63H101NO18. The van der Waals surface area contributed by atoms with Gasteiger partial charge < -0.3 is 89.9 Å². The van der Waals surface area contributed by atoms with Crippen molar-refractivity contribution < 1.29 is 89.4 Å². The van der Waals surface area contributed by atoms with Gasteiger partial charge in [0.1, 0.15) is 73.2 Å². The Hall–Kier alpha value is -3.81. The lowest BCUT2D eigenvalue weighted by Gasteiger charge is -2.48. The average Bonchev–Trinajstić information content (AvgIpc) is 3.49. The summed E-state index contributed by atoms with van der Waals surface area (Å²) in [6, 6.07) is -0.988. The molecule has 3 rings (SSSR count). The Bertz CT molecular complexity index is 1960. The molecular weight excluding hydrogens is 1060 g/mol. The SMILES string of the molecule is CC/C=C\C/C=C\C/C=C\C/C=C\C/C=C\C/C=C\C/C=C\C/C=C\C/C=C\CCCCCCCC(=O)NC(COC1OC(CO)C(OC2OC(CO)C(OC3OC(CO)C(O)C(O)C3O)C(O)C2O)C(O)C1O)C(O)/C=C/CCCC. The Labute approximate surface area is 487 Å². The molecule has 466 valence electrons. The molecule has 0 aliphatic carbocycles. The Balaban J connectivity index is 1.33. The molecule has 0 bridgehead atoms. The van der Waals surface area contributed by atoms with E-state index in [1.54, 1.807) is 12.2 Å². The van der Waals surface area contributed by atoms with Gasteiger partial charge in [0.15, 0.2) is 18.9 Å².